The molecule has 0 unspecified atom stereocenters. The maximum atomic E-state index is 15.5. The number of amides is 4. The highest BCUT2D eigenvalue weighted by Crippen LogP contribution is 2.65. The topological polar surface area (TPSA) is 125 Å². The summed E-state index contributed by atoms with van der Waals surface area (Å²) in [6, 6.07) is 22.5. The molecule has 2 heterocycles. The number of ether oxygens (including phenoxy) is 2. The number of nitrogens with one attached hydrogen (secondary N) is 1. The lowest BCUT2D eigenvalue weighted by molar-refractivity contribution is -0.138. The zero-order valence-electron chi connectivity index (χ0n) is 30.0. The van der Waals surface area contributed by atoms with Crippen molar-refractivity contribution in [2.45, 2.75) is 37.5 Å². The van der Waals surface area contributed by atoms with E-state index in [9.17, 15) is 14.7 Å². The molecule has 2 aliphatic carbocycles. The van der Waals surface area contributed by atoms with Gasteiger partial charge in [-0.3, -0.25) is 29.5 Å². The van der Waals surface area contributed by atoms with E-state index in [4.69, 9.17) is 32.7 Å². The number of phenolic OH excluding ortho intramolecular Hbond substituents is 1. The third-order valence-corrected chi connectivity index (χ3v) is 12.9. The van der Waals surface area contributed by atoms with E-state index >= 15 is 9.59 Å². The van der Waals surface area contributed by atoms with Crippen molar-refractivity contribution in [3.8, 4) is 17.2 Å². The first-order valence-corrected chi connectivity index (χ1v) is 19.5. The lowest BCUT2D eigenvalue weighted by Crippen LogP contribution is -2.53. The van der Waals surface area contributed by atoms with Crippen molar-refractivity contribution in [2.24, 2.45) is 23.7 Å². The number of halogens is 3. The Balaban J connectivity index is 1.34. The fourth-order valence-corrected chi connectivity index (χ4v) is 10.2. The number of aryl methyl sites for hydroxylation is 1. The largest absolute Gasteiger partial charge is 0.503 e. The fourth-order valence-electron chi connectivity index (χ4n) is 9.27. The van der Waals surface area contributed by atoms with E-state index < -0.39 is 46.8 Å². The predicted octanol–water partition coefficient (Wildman–Crippen LogP) is 8.23. The van der Waals surface area contributed by atoms with Crippen LogP contribution in [-0.4, -0.2) is 48.0 Å². The van der Waals surface area contributed by atoms with E-state index in [0.717, 1.165) is 22.6 Å². The first-order valence-electron chi connectivity index (χ1n) is 17.9. The number of imide groups is 2. The molecule has 4 aromatic carbocycles. The normalized spacial score (nSPS) is 25.7. The Morgan fingerprint density at radius 1 is 0.891 bits per heavy atom. The lowest BCUT2D eigenvalue weighted by atomic mass is 9.49. The third-order valence-electron chi connectivity index (χ3n) is 11.8. The summed E-state index contributed by atoms with van der Waals surface area (Å²) in [5, 5.41) is 12.5. The minimum Gasteiger partial charge on any atom is -0.503 e. The summed E-state index contributed by atoms with van der Waals surface area (Å²) in [5.74, 6) is -5.04. The molecule has 10 nitrogen and oxygen atoms in total. The summed E-state index contributed by atoms with van der Waals surface area (Å²) in [5.41, 5.74) is 5.15. The van der Waals surface area contributed by atoms with Gasteiger partial charge >= 0.3 is 0 Å². The number of hydrogen-bond donors (Lipinski definition) is 2. The summed E-state index contributed by atoms with van der Waals surface area (Å²) in [7, 11) is 2.97. The Morgan fingerprint density at radius 3 is 2.27 bits per heavy atom. The van der Waals surface area contributed by atoms with E-state index in [2.05, 4.69) is 21.4 Å². The Hall–Kier alpha value is -4.84. The molecular formula is C42H36BrCl2N3O7. The van der Waals surface area contributed by atoms with Gasteiger partial charge in [0.2, 0.25) is 11.8 Å². The van der Waals surface area contributed by atoms with Gasteiger partial charge in [0.1, 0.15) is 5.75 Å². The molecule has 55 heavy (non-hydrogen) atoms. The molecule has 6 atom stereocenters. The molecule has 0 radical (unpaired) electrons. The maximum absolute atomic E-state index is 15.5. The molecule has 2 saturated heterocycles. The van der Waals surface area contributed by atoms with Crippen molar-refractivity contribution in [3.05, 3.63) is 122 Å². The first kappa shape index (κ1) is 37.1. The van der Waals surface area contributed by atoms with Crippen molar-refractivity contribution < 1.29 is 33.8 Å². The Morgan fingerprint density at radius 2 is 1.62 bits per heavy atom. The first-order chi connectivity index (χ1) is 26.4. The number of hydrazine groups is 1. The minimum absolute atomic E-state index is 0.102. The zero-order chi connectivity index (χ0) is 38.9. The predicted molar refractivity (Wildman–Crippen MR) is 211 cm³/mol. The van der Waals surface area contributed by atoms with Gasteiger partial charge in [0.25, 0.3) is 11.8 Å². The van der Waals surface area contributed by atoms with Crippen LogP contribution in [0, 0.1) is 23.7 Å². The molecule has 4 aliphatic rings. The van der Waals surface area contributed by atoms with Gasteiger partial charge < -0.3 is 14.6 Å². The van der Waals surface area contributed by atoms with Crippen LogP contribution in [0.3, 0.4) is 0 Å². The van der Waals surface area contributed by atoms with Crippen LogP contribution in [0.4, 0.5) is 11.4 Å². The Kier molecular flexibility index (Phi) is 9.46. The number of methoxy groups -OCH3 is 2. The lowest BCUT2D eigenvalue weighted by Gasteiger charge is -2.50. The van der Waals surface area contributed by atoms with Crippen LogP contribution in [-0.2, 0) is 31.0 Å². The van der Waals surface area contributed by atoms with Crippen LogP contribution >= 0.6 is 39.1 Å². The molecule has 2 aliphatic heterocycles. The maximum Gasteiger partial charge on any atom is 0.260 e. The highest BCUT2D eigenvalue weighted by atomic mass is 79.9. The molecule has 3 fully saturated rings. The second kappa shape index (κ2) is 14.0. The SMILES string of the molecule is CCc1ccc(N2C(=O)[C@H]3[C@H](CC=C4[C@H]3C[C@H]3C(=O)N(Nc5ccc(Cl)cc5Cl)C(=O)[C@@]3(c3ccc(OC)cc3)[C@H]4c3cc(Br)c(O)c(OC)c3)C2=O)cc1. The van der Waals surface area contributed by atoms with E-state index in [1.807, 2.05) is 25.1 Å². The molecule has 0 aromatic heterocycles. The Labute approximate surface area is 336 Å². The van der Waals surface area contributed by atoms with Gasteiger partial charge in [0.15, 0.2) is 11.5 Å². The molecule has 13 heteroatoms. The average Bonchev–Trinajstić information content (AvgIpc) is 3.57. The monoisotopic (exact) mass is 843 g/mol. The van der Waals surface area contributed by atoms with E-state index in [1.54, 1.807) is 67.8 Å². The van der Waals surface area contributed by atoms with Gasteiger partial charge in [0.05, 0.1) is 58.3 Å². The number of anilines is 2. The Bertz CT molecular complexity index is 2300. The van der Waals surface area contributed by atoms with Gasteiger partial charge in [-0.1, -0.05) is 66.0 Å². The van der Waals surface area contributed by atoms with Crippen molar-refractivity contribution in [1.29, 1.82) is 0 Å². The molecule has 1 saturated carbocycles. The highest BCUT2D eigenvalue weighted by Gasteiger charge is 2.70. The molecule has 0 spiro atoms. The molecular weight excluding hydrogens is 809 g/mol. The van der Waals surface area contributed by atoms with Gasteiger partial charge in [-0.05, 0) is 112 Å². The van der Waals surface area contributed by atoms with Crippen LogP contribution in [0.15, 0.2) is 95.0 Å². The average molecular weight is 846 g/mol. The van der Waals surface area contributed by atoms with Gasteiger partial charge in [-0.25, -0.2) is 0 Å². The van der Waals surface area contributed by atoms with Crippen molar-refractivity contribution in [2.75, 3.05) is 24.5 Å². The van der Waals surface area contributed by atoms with Gasteiger partial charge in [-0.2, -0.15) is 5.01 Å². The number of carbonyl (C=O) groups is 4. The second-order valence-corrected chi connectivity index (χ2v) is 16.0. The number of hydrogen-bond acceptors (Lipinski definition) is 8. The number of rotatable bonds is 8. The zero-order valence-corrected chi connectivity index (χ0v) is 33.1. The summed E-state index contributed by atoms with van der Waals surface area (Å²) in [4.78, 5) is 60.6. The van der Waals surface area contributed by atoms with E-state index in [1.165, 1.54) is 18.1 Å². The van der Waals surface area contributed by atoms with Gasteiger partial charge in [-0.15, -0.1) is 0 Å². The standard InChI is InChI=1S/C42H36BrCl2N3O7/c1-4-21-5-10-25(11-6-21)47-38(50)28-15-14-27-29(35(28)40(47)52)20-30-39(51)48(46-33-16-9-24(44)19-32(33)45)41(53)42(30,23-7-12-26(54-2)13-8-23)36(27)22-17-31(43)37(49)34(18-22)55-3/h5-14,16-19,28-30,35-36,46,49H,4,15,20H2,1-3H3/t28-,29+,30-,35-,36-,42+/m0/s1. The number of phenols is 1. The molecule has 4 amide bonds. The highest BCUT2D eigenvalue weighted by molar-refractivity contribution is 9.10. The van der Waals surface area contributed by atoms with Crippen LogP contribution in [0.5, 0.6) is 17.2 Å². The number of nitrogens with zero attached hydrogens (tertiary/aromatic N) is 2. The minimum atomic E-state index is -1.58. The molecule has 0 bridgehead atoms. The van der Waals surface area contributed by atoms with E-state index in [-0.39, 0.29) is 41.2 Å². The summed E-state index contributed by atoms with van der Waals surface area (Å²) in [6.45, 7) is 2.03. The van der Waals surface area contributed by atoms with Crippen LogP contribution in [0.25, 0.3) is 0 Å². The van der Waals surface area contributed by atoms with Crippen LogP contribution < -0.4 is 19.8 Å². The molecule has 282 valence electrons. The van der Waals surface area contributed by atoms with Crippen molar-refractivity contribution in [1.82, 2.24) is 5.01 Å². The van der Waals surface area contributed by atoms with Crippen molar-refractivity contribution in [3.63, 3.8) is 0 Å². The van der Waals surface area contributed by atoms with Crippen molar-refractivity contribution >= 4 is 74.1 Å². The summed E-state index contributed by atoms with van der Waals surface area (Å²) < 4.78 is 11.4. The summed E-state index contributed by atoms with van der Waals surface area (Å²) in [6.07, 6.45) is 3.14. The van der Waals surface area contributed by atoms with Crippen LogP contribution in [0.1, 0.15) is 42.4 Å². The molecule has 2 N–H and O–H groups in total. The fraction of sp³-hybridized carbons (Fsp3) is 0.286. The number of aromatic hydroxyl groups is 1. The number of allylic oxidation sites excluding steroid dienone is 2. The molecule has 8 rings (SSSR count). The summed E-state index contributed by atoms with van der Waals surface area (Å²) >= 11 is 16.2. The third kappa shape index (κ3) is 5.65. The smallest absolute Gasteiger partial charge is 0.260 e. The van der Waals surface area contributed by atoms with Gasteiger partial charge in [0, 0.05) is 10.9 Å². The molecule has 4 aromatic rings. The quantitative estimate of drug-likeness (QED) is 0.134. The number of benzene rings is 4. The van der Waals surface area contributed by atoms with Crippen LogP contribution in [0.2, 0.25) is 10.0 Å². The number of fused-ring (bicyclic) bond motifs is 4. The number of carbonyl (C=O) groups excluding carboxylic acids is 4. The van der Waals surface area contributed by atoms with E-state index in [0.29, 0.717) is 37.7 Å². The second-order valence-electron chi connectivity index (χ2n) is 14.3.